The molecule has 1 aromatic carbocycles. The van der Waals surface area contributed by atoms with E-state index in [2.05, 4.69) is 40.1 Å². The smallest absolute Gasteiger partial charge is 0.340 e. The van der Waals surface area contributed by atoms with Crippen LogP contribution >= 0.6 is 26.8 Å². The molecule has 0 amide bonds. The number of aromatic nitrogens is 5. The predicted molar refractivity (Wildman–Crippen MR) is 272 cm³/mol. The molecule has 34 heteroatoms. The van der Waals surface area contributed by atoms with Gasteiger partial charge in [0.15, 0.2) is 23.8 Å². The fraction of sp³-hybridized carbons (Fsp3) is 0.689. The number of benzene rings is 1. The van der Waals surface area contributed by atoms with Crippen LogP contribution < -0.4 is 15.4 Å². The molecule has 2 aliphatic rings. The molecule has 446 valence electrons. The van der Waals surface area contributed by atoms with Crippen molar-refractivity contribution in [1.82, 2.24) is 34.8 Å². The third-order valence-corrected chi connectivity index (χ3v) is 15.0. The number of aliphatic hydroxyl groups excluding tert-OH is 1. The summed E-state index contributed by atoms with van der Waals surface area (Å²) in [4.78, 5) is 52.7. The van der Waals surface area contributed by atoms with Crippen LogP contribution in [-0.2, 0) is 74.2 Å². The number of quaternary nitrogens is 1. The molecule has 2 fully saturated rings. The Morgan fingerprint density at radius 2 is 1.34 bits per heavy atom. The fourth-order valence-electron chi connectivity index (χ4n) is 7.50. The number of nitrogens with zero attached hydrogens (tertiary/aromatic N) is 7. The Hall–Kier alpha value is -3.76. The number of halogens is 4. The van der Waals surface area contributed by atoms with Crippen LogP contribution in [0.1, 0.15) is 24.1 Å². The molecular formula is C45H71ClF3N10O18P2+. The fourth-order valence-corrected chi connectivity index (χ4v) is 10.2. The summed E-state index contributed by atoms with van der Waals surface area (Å²) in [5.74, 6) is -6.37. The first-order valence-corrected chi connectivity index (χ1v) is 29.2. The summed E-state index contributed by atoms with van der Waals surface area (Å²) < 4.78 is 124. The number of nitrogens with two attached hydrogens (primary N) is 1. The van der Waals surface area contributed by atoms with Gasteiger partial charge in [0.1, 0.15) is 29.0 Å². The number of carbonyl (C=O) groups is 1. The molecule has 0 spiro atoms. The predicted octanol–water partition coefficient (Wildman–Crippen LogP) is 0.503. The van der Waals surface area contributed by atoms with Gasteiger partial charge in [0.05, 0.1) is 144 Å². The molecule has 4 atom stereocenters. The van der Waals surface area contributed by atoms with Gasteiger partial charge in [-0.15, -0.1) is 5.10 Å². The van der Waals surface area contributed by atoms with E-state index in [1.807, 2.05) is 0 Å². The van der Waals surface area contributed by atoms with Crippen LogP contribution in [0.2, 0.25) is 5.28 Å². The number of piperazine rings is 1. The van der Waals surface area contributed by atoms with Crippen molar-refractivity contribution in [3.63, 3.8) is 0 Å². The minimum Gasteiger partial charge on any atom is -0.420 e. The zero-order valence-corrected chi connectivity index (χ0v) is 46.0. The van der Waals surface area contributed by atoms with E-state index in [9.17, 15) is 37.1 Å². The molecule has 0 bridgehead atoms. The Bertz CT molecular complexity index is 2360. The van der Waals surface area contributed by atoms with Gasteiger partial charge in [0.2, 0.25) is 16.9 Å². The van der Waals surface area contributed by atoms with Crippen molar-refractivity contribution in [3.8, 4) is 5.75 Å². The van der Waals surface area contributed by atoms with Crippen molar-refractivity contribution in [2.24, 2.45) is 0 Å². The first kappa shape index (κ1) is 66.0. The molecule has 0 saturated carbocycles. The van der Waals surface area contributed by atoms with E-state index in [1.54, 1.807) is 16.2 Å². The van der Waals surface area contributed by atoms with Gasteiger partial charge in [0.25, 0.3) is 0 Å². The average Bonchev–Trinajstić information content (AvgIpc) is 4.04. The molecule has 2 aliphatic heterocycles. The molecule has 0 aliphatic carbocycles. The topological polar surface area (TPSA) is 349 Å². The monoisotopic (exact) mass is 1190 g/mol. The van der Waals surface area contributed by atoms with Crippen molar-refractivity contribution in [2.45, 2.75) is 44.4 Å². The minimum absolute atomic E-state index is 0.0572. The van der Waals surface area contributed by atoms with Crippen LogP contribution in [0.4, 0.5) is 24.8 Å². The van der Waals surface area contributed by atoms with Gasteiger partial charge in [-0.3, -0.25) is 29.0 Å². The number of anilines is 1. The summed E-state index contributed by atoms with van der Waals surface area (Å²) in [5.41, 5.74) is 1.02. The normalized spacial score (nSPS) is 18.1. The van der Waals surface area contributed by atoms with Gasteiger partial charge in [-0.25, -0.2) is 17.9 Å². The molecule has 2 aromatic heterocycles. The lowest BCUT2D eigenvalue weighted by atomic mass is 10.2. The van der Waals surface area contributed by atoms with E-state index in [1.165, 1.54) is 0 Å². The number of rotatable bonds is 42. The largest absolute Gasteiger partial charge is 0.420 e. The maximum Gasteiger partial charge on any atom is 0.340 e. The van der Waals surface area contributed by atoms with Crippen molar-refractivity contribution >= 4 is 50.6 Å². The van der Waals surface area contributed by atoms with Crippen LogP contribution in [0.3, 0.4) is 0 Å². The number of esters is 1. The highest BCUT2D eigenvalue weighted by Crippen LogP contribution is 2.55. The molecule has 3 aromatic rings. The summed E-state index contributed by atoms with van der Waals surface area (Å²) >= 11 is 6.23. The van der Waals surface area contributed by atoms with E-state index >= 15 is 0 Å². The zero-order chi connectivity index (χ0) is 56.9. The van der Waals surface area contributed by atoms with E-state index in [0.29, 0.717) is 128 Å². The number of hydrogen-bond donors (Lipinski definition) is 7. The molecule has 4 heterocycles. The number of aliphatic hydroxyl groups is 1. The summed E-state index contributed by atoms with van der Waals surface area (Å²) in [7, 11) is -9.45. The first-order chi connectivity index (χ1) is 38.0. The van der Waals surface area contributed by atoms with Crippen LogP contribution in [-0.4, -0.2) is 243 Å². The lowest BCUT2D eigenvalue weighted by molar-refractivity contribution is -0.656. The maximum atomic E-state index is 13.6. The lowest BCUT2D eigenvalue weighted by Crippen LogP contribution is -2.85. The third kappa shape index (κ3) is 26.8. The van der Waals surface area contributed by atoms with E-state index in [0.717, 1.165) is 38.9 Å². The average molecular weight is 1190 g/mol. The number of hydrogen-bond acceptors (Lipinski definition) is 23. The highest BCUT2D eigenvalue weighted by atomic mass is 35.5. The second-order valence-corrected chi connectivity index (χ2v) is 21.9. The Balaban J connectivity index is 0.768. The highest BCUT2D eigenvalue weighted by Gasteiger charge is 2.40. The van der Waals surface area contributed by atoms with Gasteiger partial charge >= 0.3 is 21.2 Å². The van der Waals surface area contributed by atoms with Gasteiger partial charge in [-0.1, -0.05) is 5.21 Å². The van der Waals surface area contributed by atoms with Gasteiger partial charge in [0, 0.05) is 64.2 Å². The third-order valence-electron chi connectivity index (χ3n) is 11.4. The van der Waals surface area contributed by atoms with Crippen molar-refractivity contribution in [1.29, 1.82) is 5.41 Å². The molecule has 1 unspecified atom stereocenters. The first-order valence-electron chi connectivity index (χ1n) is 25.3. The minimum atomic E-state index is -4.82. The molecule has 2 saturated heterocycles. The summed E-state index contributed by atoms with van der Waals surface area (Å²) in [6.45, 7) is 10.9. The summed E-state index contributed by atoms with van der Waals surface area (Å²) in [5, 5.41) is 31.4. The van der Waals surface area contributed by atoms with Crippen molar-refractivity contribution in [3.05, 3.63) is 52.3 Å². The Morgan fingerprint density at radius 1 is 0.797 bits per heavy atom. The molecule has 79 heavy (non-hydrogen) atoms. The molecule has 0 radical (unpaired) electrons. The van der Waals surface area contributed by atoms with Gasteiger partial charge < -0.3 is 82.4 Å². The van der Waals surface area contributed by atoms with Gasteiger partial charge in [-0.05, 0) is 11.6 Å². The van der Waals surface area contributed by atoms with Crippen molar-refractivity contribution < 1.29 is 104 Å². The molecular weight excluding hydrogens is 1120 g/mol. The standard InChI is InChI=1S/C45H70ClF3N10O18P2/c46-45-53-43(35(28-50)44(54-45)52-40-27-38(60)39(76-40)31-75-79(65,66)32-78(62,63)64)51-2-3-57-4-6-58(7-5-57)8-11-68-14-17-71-21-22-73-23-24-74-30-34-29-59(56-55-34)9-12-69-15-18-72-20-19-70-16-13-67-10-1-41(61)77-42-36(48)25-33(47)26-37(42)49/h25-26,28-29,38-40,50,60H,1-24,27,30-32H2,(H,65,66)(H2,62,63,64)(H2,51,52,53,54)/p+1/t38-,39+,40+/m0/s1. The van der Waals surface area contributed by atoms with Crippen LogP contribution in [0.25, 0.3) is 0 Å². The Kier molecular flexibility index (Phi) is 30.1. The van der Waals surface area contributed by atoms with E-state index in [4.69, 9.17) is 74.0 Å². The summed E-state index contributed by atoms with van der Waals surface area (Å²) in [6.07, 6.45) is -0.251. The second-order valence-electron chi connectivity index (χ2n) is 17.6. The number of ether oxygens (including phenoxy) is 10. The number of carbonyl (C=O) groups excluding carboxylic acids is 1. The van der Waals surface area contributed by atoms with Crippen LogP contribution in [0, 0.1) is 22.9 Å². The van der Waals surface area contributed by atoms with Crippen LogP contribution in [0.15, 0.2) is 18.3 Å². The van der Waals surface area contributed by atoms with E-state index < -0.39 is 75.3 Å². The SMILES string of the molecule is N=Cc1c(NCCN2CCN(CCOCCOCCOCCOCc3cn(CCOCCOCCOCCOCCC(=O)Oc4c(F)cc(F)cc4F)nn3)CC2)nc(Cl)nc1[NH2+][C@H]1C[C@H](O)[C@@H](COP(=O)(O)CP(=O)(O)O)O1. The molecule has 5 rings (SSSR count). The van der Waals surface area contributed by atoms with Crippen LogP contribution in [0.5, 0.6) is 5.75 Å². The summed E-state index contributed by atoms with van der Waals surface area (Å²) in [6, 6.07) is 0.834. The maximum absolute atomic E-state index is 13.6. The van der Waals surface area contributed by atoms with E-state index in [-0.39, 0.29) is 50.4 Å². The number of nitrogens with one attached hydrogen (secondary N) is 2. The Labute approximate surface area is 458 Å². The highest BCUT2D eigenvalue weighted by molar-refractivity contribution is 7.70. The second kappa shape index (κ2) is 36.0. The molecule has 8 N–H and O–H groups in total. The lowest BCUT2D eigenvalue weighted by Gasteiger charge is -2.34. The van der Waals surface area contributed by atoms with Crippen molar-refractivity contribution in [2.75, 3.05) is 163 Å². The molecule has 28 nitrogen and oxygen atoms in total. The zero-order valence-electron chi connectivity index (χ0n) is 43.5. The Morgan fingerprint density at radius 3 is 1.92 bits per heavy atom. The van der Waals surface area contributed by atoms with Gasteiger partial charge in [-0.2, -0.15) is 9.97 Å². The quantitative estimate of drug-likeness (QED) is 0.0101.